The molecule has 10 heavy (non-hydrogen) atoms. The molecule has 1 heterocycles. The molecular weight excluding hydrogens is 150 g/mol. The van der Waals surface area contributed by atoms with E-state index in [2.05, 4.69) is 11.5 Å². The van der Waals surface area contributed by atoms with Gasteiger partial charge in [-0.3, -0.25) is 4.90 Å². The minimum atomic E-state index is -2.95. The van der Waals surface area contributed by atoms with Crippen LogP contribution in [-0.2, 0) is 9.84 Å². The van der Waals surface area contributed by atoms with Gasteiger partial charge in [0.15, 0.2) is 9.84 Å². The molecule has 0 spiro atoms. The van der Waals surface area contributed by atoms with Crippen molar-refractivity contribution in [1.29, 1.82) is 0 Å². The van der Waals surface area contributed by atoms with Crippen LogP contribution >= 0.6 is 0 Å². The van der Waals surface area contributed by atoms with Gasteiger partial charge in [0.05, 0.1) is 5.75 Å². The molecule has 0 saturated carbocycles. The molecule has 0 bridgehead atoms. The second-order valence-corrected chi connectivity index (χ2v) is 4.44. The standard InChI is InChI=1S/C6H11NO2S/c1-2-10(8,9)6-5-7-3-4-7/h2H,1,3-6H2. The summed E-state index contributed by atoms with van der Waals surface area (Å²) in [6, 6.07) is 0. The van der Waals surface area contributed by atoms with Gasteiger partial charge in [-0.05, 0) is 0 Å². The Morgan fingerprint density at radius 2 is 2.10 bits per heavy atom. The van der Waals surface area contributed by atoms with E-state index in [1.54, 1.807) is 0 Å². The second kappa shape index (κ2) is 2.72. The van der Waals surface area contributed by atoms with Gasteiger partial charge in [0.2, 0.25) is 0 Å². The number of hydrogen-bond acceptors (Lipinski definition) is 3. The highest BCUT2D eigenvalue weighted by Crippen LogP contribution is 2.03. The van der Waals surface area contributed by atoms with Gasteiger partial charge in [-0.1, -0.05) is 6.58 Å². The van der Waals surface area contributed by atoms with Crippen molar-refractivity contribution in [3.05, 3.63) is 12.0 Å². The van der Waals surface area contributed by atoms with Crippen molar-refractivity contribution in [2.24, 2.45) is 0 Å². The van der Waals surface area contributed by atoms with Crippen LogP contribution in [0.3, 0.4) is 0 Å². The van der Waals surface area contributed by atoms with Gasteiger partial charge >= 0.3 is 0 Å². The molecule has 0 radical (unpaired) electrons. The van der Waals surface area contributed by atoms with E-state index >= 15 is 0 Å². The first-order valence-corrected chi connectivity index (χ1v) is 4.93. The van der Waals surface area contributed by atoms with Crippen molar-refractivity contribution in [2.75, 3.05) is 25.4 Å². The van der Waals surface area contributed by atoms with Crippen LogP contribution in [0.2, 0.25) is 0 Å². The first-order chi connectivity index (χ1) is 4.64. The van der Waals surface area contributed by atoms with E-state index in [4.69, 9.17) is 0 Å². The summed E-state index contributed by atoms with van der Waals surface area (Å²) in [7, 11) is -2.95. The molecule has 58 valence electrons. The zero-order valence-electron chi connectivity index (χ0n) is 5.78. The van der Waals surface area contributed by atoms with Crippen LogP contribution in [0.5, 0.6) is 0 Å². The maximum Gasteiger partial charge on any atom is 0.172 e. The smallest absolute Gasteiger partial charge is 0.172 e. The van der Waals surface area contributed by atoms with Crippen LogP contribution in [0.1, 0.15) is 0 Å². The maximum absolute atomic E-state index is 10.8. The lowest BCUT2D eigenvalue weighted by atomic mass is 10.8. The lowest BCUT2D eigenvalue weighted by Gasteiger charge is -1.97. The van der Waals surface area contributed by atoms with E-state index in [1.165, 1.54) is 0 Å². The second-order valence-electron chi connectivity index (χ2n) is 2.38. The van der Waals surface area contributed by atoms with Crippen molar-refractivity contribution in [3.8, 4) is 0 Å². The highest BCUT2D eigenvalue weighted by molar-refractivity contribution is 7.94. The van der Waals surface area contributed by atoms with Gasteiger partial charge in [-0.2, -0.15) is 0 Å². The fourth-order valence-electron chi connectivity index (χ4n) is 0.634. The largest absolute Gasteiger partial charge is 0.300 e. The molecule has 0 aromatic rings. The highest BCUT2D eigenvalue weighted by Gasteiger charge is 2.18. The van der Waals surface area contributed by atoms with E-state index in [0.29, 0.717) is 6.54 Å². The lowest BCUT2D eigenvalue weighted by molar-refractivity contribution is 0.569. The molecule has 0 aliphatic carbocycles. The quantitative estimate of drug-likeness (QED) is 0.538. The Morgan fingerprint density at radius 3 is 2.50 bits per heavy atom. The van der Waals surface area contributed by atoms with Crippen LogP contribution in [0.25, 0.3) is 0 Å². The van der Waals surface area contributed by atoms with Crippen molar-refractivity contribution in [2.45, 2.75) is 0 Å². The number of hydrogen-bond donors (Lipinski definition) is 0. The van der Waals surface area contributed by atoms with Crippen LogP contribution in [0.4, 0.5) is 0 Å². The van der Waals surface area contributed by atoms with E-state index in [1.807, 2.05) is 0 Å². The highest BCUT2D eigenvalue weighted by atomic mass is 32.2. The third-order valence-electron chi connectivity index (χ3n) is 1.49. The topological polar surface area (TPSA) is 37.1 Å². The fourth-order valence-corrected chi connectivity index (χ4v) is 1.31. The maximum atomic E-state index is 10.8. The van der Waals surface area contributed by atoms with Gasteiger partial charge in [-0.15, -0.1) is 0 Å². The van der Waals surface area contributed by atoms with Crippen molar-refractivity contribution in [1.82, 2.24) is 4.90 Å². The Morgan fingerprint density at radius 1 is 1.50 bits per heavy atom. The Kier molecular flexibility index (Phi) is 2.11. The Balaban J connectivity index is 2.29. The lowest BCUT2D eigenvalue weighted by Crippen LogP contribution is -2.12. The zero-order chi connectivity index (χ0) is 7.61. The third kappa shape index (κ3) is 2.49. The summed E-state index contributed by atoms with van der Waals surface area (Å²) in [5.41, 5.74) is 0. The monoisotopic (exact) mass is 161 g/mol. The minimum absolute atomic E-state index is 0.219. The zero-order valence-corrected chi connectivity index (χ0v) is 6.60. The molecule has 1 aliphatic heterocycles. The summed E-state index contributed by atoms with van der Waals surface area (Å²) in [5.74, 6) is 0.219. The number of rotatable bonds is 4. The SMILES string of the molecule is C=CS(=O)(=O)CCN1CC1. The molecule has 1 saturated heterocycles. The van der Waals surface area contributed by atoms with Crippen molar-refractivity contribution < 1.29 is 8.42 Å². The average molecular weight is 161 g/mol. The van der Waals surface area contributed by atoms with Gasteiger partial charge in [0.1, 0.15) is 0 Å². The third-order valence-corrected chi connectivity index (χ3v) is 2.75. The van der Waals surface area contributed by atoms with Crippen LogP contribution < -0.4 is 0 Å². The van der Waals surface area contributed by atoms with Crippen molar-refractivity contribution in [3.63, 3.8) is 0 Å². The average Bonchev–Trinajstić information content (AvgIpc) is 2.66. The van der Waals surface area contributed by atoms with E-state index < -0.39 is 9.84 Å². The Bertz CT molecular complexity index is 216. The van der Waals surface area contributed by atoms with Crippen LogP contribution in [0.15, 0.2) is 12.0 Å². The van der Waals surface area contributed by atoms with E-state index in [-0.39, 0.29) is 5.75 Å². The Labute approximate surface area is 61.3 Å². The predicted octanol–water partition coefficient (Wildman–Crippen LogP) is -0.140. The molecule has 0 aromatic heterocycles. The fraction of sp³-hybridized carbons (Fsp3) is 0.667. The summed E-state index contributed by atoms with van der Waals surface area (Å²) < 4.78 is 21.6. The first-order valence-electron chi connectivity index (χ1n) is 3.21. The molecular formula is C6H11NO2S. The molecule has 3 nitrogen and oxygen atoms in total. The molecule has 1 aliphatic rings. The van der Waals surface area contributed by atoms with Gasteiger partial charge in [0, 0.05) is 25.0 Å². The molecule has 0 aromatic carbocycles. The van der Waals surface area contributed by atoms with Crippen LogP contribution in [0, 0.1) is 0 Å². The summed E-state index contributed by atoms with van der Waals surface area (Å²) in [6.45, 7) is 5.98. The first kappa shape index (κ1) is 7.75. The molecule has 4 heteroatoms. The normalized spacial score (nSPS) is 18.8. The van der Waals surface area contributed by atoms with Gasteiger partial charge in [0.25, 0.3) is 0 Å². The summed E-state index contributed by atoms with van der Waals surface area (Å²) in [4.78, 5) is 2.07. The molecule has 0 atom stereocenters. The summed E-state index contributed by atoms with van der Waals surface area (Å²) in [5, 5.41) is 1.02. The van der Waals surface area contributed by atoms with Crippen LogP contribution in [-0.4, -0.2) is 38.7 Å². The minimum Gasteiger partial charge on any atom is -0.300 e. The van der Waals surface area contributed by atoms with Crippen molar-refractivity contribution >= 4 is 9.84 Å². The molecule has 0 N–H and O–H groups in total. The number of sulfone groups is 1. The summed E-state index contributed by atoms with van der Waals surface area (Å²) in [6.07, 6.45) is 0. The molecule has 1 fully saturated rings. The van der Waals surface area contributed by atoms with Gasteiger partial charge in [-0.25, -0.2) is 8.42 Å². The van der Waals surface area contributed by atoms with E-state index in [0.717, 1.165) is 18.5 Å². The molecule has 1 rings (SSSR count). The van der Waals surface area contributed by atoms with E-state index in [9.17, 15) is 8.42 Å². The molecule has 0 amide bonds. The molecule has 0 unspecified atom stereocenters. The predicted molar refractivity (Wildman–Crippen MR) is 40.4 cm³/mol. The summed E-state index contributed by atoms with van der Waals surface area (Å²) >= 11 is 0. The number of nitrogens with zero attached hydrogens (tertiary/aromatic N) is 1. The van der Waals surface area contributed by atoms with Gasteiger partial charge < -0.3 is 0 Å². The Hall–Kier alpha value is -0.350.